The summed E-state index contributed by atoms with van der Waals surface area (Å²) in [7, 11) is 1.82. The van der Waals surface area contributed by atoms with E-state index in [4.69, 9.17) is 4.74 Å². The molecule has 25 heavy (non-hydrogen) atoms. The highest BCUT2D eigenvalue weighted by Crippen LogP contribution is 2.25. The Balaban J connectivity index is 1.27. The number of hydrogen-bond donors (Lipinski definition) is 1. The van der Waals surface area contributed by atoms with Crippen molar-refractivity contribution in [3.63, 3.8) is 0 Å². The van der Waals surface area contributed by atoms with Gasteiger partial charge in [0.1, 0.15) is 5.52 Å². The number of methoxy groups -OCH3 is 1. The zero-order valence-corrected chi connectivity index (χ0v) is 15.0. The first-order valence-electron chi connectivity index (χ1n) is 9.47. The lowest BCUT2D eigenvalue weighted by Crippen LogP contribution is -2.37. The van der Waals surface area contributed by atoms with E-state index in [1.165, 1.54) is 17.5 Å². The largest absolute Gasteiger partial charge is 0.381 e. The van der Waals surface area contributed by atoms with Gasteiger partial charge in [-0.1, -0.05) is 0 Å². The third-order valence-corrected chi connectivity index (χ3v) is 5.47. The van der Waals surface area contributed by atoms with Crippen LogP contribution in [0.3, 0.4) is 0 Å². The standard InChI is InChI=1S/C19H27N5O/c1-25-16-6-10-24(11-7-16)9-3-8-20-19-21-17-12-14-4-2-5-15(14)13-18(17)22-23-19/h12-13,16H,2-11H2,1H3,(H,20,21,23). The lowest BCUT2D eigenvalue weighted by atomic mass is 10.1. The van der Waals surface area contributed by atoms with E-state index in [1.54, 1.807) is 0 Å². The highest BCUT2D eigenvalue weighted by atomic mass is 16.5. The molecule has 6 heteroatoms. The highest BCUT2D eigenvalue weighted by molar-refractivity contribution is 5.77. The highest BCUT2D eigenvalue weighted by Gasteiger charge is 2.18. The molecule has 134 valence electrons. The second kappa shape index (κ2) is 7.62. The molecule has 0 radical (unpaired) electrons. The maximum Gasteiger partial charge on any atom is 0.243 e. The van der Waals surface area contributed by atoms with E-state index in [9.17, 15) is 0 Å². The minimum atomic E-state index is 0.452. The molecule has 0 atom stereocenters. The minimum Gasteiger partial charge on any atom is -0.381 e. The van der Waals surface area contributed by atoms with Crippen molar-refractivity contribution in [2.24, 2.45) is 0 Å². The number of fused-ring (bicyclic) bond motifs is 2. The fourth-order valence-corrected chi connectivity index (χ4v) is 3.95. The molecule has 1 N–H and O–H groups in total. The Morgan fingerprint density at radius 1 is 1.12 bits per heavy atom. The van der Waals surface area contributed by atoms with Crippen LogP contribution in [0.25, 0.3) is 11.0 Å². The zero-order valence-electron chi connectivity index (χ0n) is 15.0. The molecule has 2 heterocycles. The lowest BCUT2D eigenvalue weighted by Gasteiger charge is -2.31. The van der Waals surface area contributed by atoms with Gasteiger partial charge in [-0.3, -0.25) is 0 Å². The quantitative estimate of drug-likeness (QED) is 0.814. The van der Waals surface area contributed by atoms with Crippen molar-refractivity contribution < 1.29 is 4.74 Å². The minimum absolute atomic E-state index is 0.452. The number of aromatic nitrogens is 3. The smallest absolute Gasteiger partial charge is 0.243 e. The molecule has 1 aromatic carbocycles. The van der Waals surface area contributed by atoms with E-state index in [-0.39, 0.29) is 0 Å². The van der Waals surface area contributed by atoms with E-state index in [2.05, 4.69) is 37.5 Å². The Morgan fingerprint density at radius 3 is 2.64 bits per heavy atom. The van der Waals surface area contributed by atoms with Gasteiger partial charge in [0, 0.05) is 26.7 Å². The van der Waals surface area contributed by atoms with Gasteiger partial charge < -0.3 is 15.0 Å². The number of rotatable bonds is 6. The van der Waals surface area contributed by atoms with Crippen molar-refractivity contribution in [3.05, 3.63) is 23.3 Å². The van der Waals surface area contributed by atoms with E-state index >= 15 is 0 Å². The summed E-state index contributed by atoms with van der Waals surface area (Å²) in [4.78, 5) is 7.16. The number of likely N-dealkylation sites (tertiary alicyclic amines) is 1. The monoisotopic (exact) mass is 341 g/mol. The topological polar surface area (TPSA) is 63.2 Å². The second-order valence-electron chi connectivity index (χ2n) is 7.16. The van der Waals surface area contributed by atoms with Crippen LogP contribution in [0, 0.1) is 0 Å². The molecule has 4 rings (SSSR count). The molecule has 1 aliphatic heterocycles. The van der Waals surface area contributed by atoms with Crippen LogP contribution in [0.4, 0.5) is 5.95 Å². The molecule has 0 bridgehead atoms. The normalized spacial score (nSPS) is 18.6. The van der Waals surface area contributed by atoms with E-state index in [0.717, 1.165) is 69.3 Å². The fraction of sp³-hybridized carbons (Fsp3) is 0.632. The molecule has 1 saturated heterocycles. The van der Waals surface area contributed by atoms with Crippen molar-refractivity contribution in [2.75, 3.05) is 38.6 Å². The fourth-order valence-electron chi connectivity index (χ4n) is 3.95. The first-order valence-corrected chi connectivity index (χ1v) is 9.47. The van der Waals surface area contributed by atoms with E-state index < -0.39 is 0 Å². The number of nitrogens with zero attached hydrogens (tertiary/aromatic N) is 4. The van der Waals surface area contributed by atoms with Crippen molar-refractivity contribution in [2.45, 2.75) is 44.6 Å². The molecule has 6 nitrogen and oxygen atoms in total. The third-order valence-electron chi connectivity index (χ3n) is 5.47. The Kier molecular flexibility index (Phi) is 5.08. The molecule has 2 aromatic rings. The van der Waals surface area contributed by atoms with Crippen molar-refractivity contribution >= 4 is 17.0 Å². The SMILES string of the molecule is COC1CCN(CCCNc2nnc3cc4c(cc3n2)CCC4)CC1. The summed E-state index contributed by atoms with van der Waals surface area (Å²) in [6.45, 7) is 4.26. The molecular weight excluding hydrogens is 314 g/mol. The van der Waals surface area contributed by atoms with Gasteiger partial charge in [-0.25, -0.2) is 4.98 Å². The van der Waals surface area contributed by atoms with E-state index in [0.29, 0.717) is 12.1 Å². The molecule has 0 unspecified atom stereocenters. The molecule has 1 aromatic heterocycles. The van der Waals surface area contributed by atoms with Crippen molar-refractivity contribution in [1.29, 1.82) is 0 Å². The first kappa shape index (κ1) is 16.7. The third kappa shape index (κ3) is 3.90. The Labute approximate surface area is 149 Å². The average Bonchev–Trinajstić information content (AvgIpc) is 3.11. The van der Waals surface area contributed by atoms with Crippen molar-refractivity contribution in [1.82, 2.24) is 20.1 Å². The number of hydrogen-bond acceptors (Lipinski definition) is 6. The van der Waals surface area contributed by atoms with Gasteiger partial charge in [0.25, 0.3) is 0 Å². The molecule has 1 fully saturated rings. The Morgan fingerprint density at radius 2 is 1.88 bits per heavy atom. The second-order valence-corrected chi connectivity index (χ2v) is 7.16. The van der Waals surface area contributed by atoms with Crippen LogP contribution in [-0.2, 0) is 17.6 Å². The maximum absolute atomic E-state index is 5.42. The number of ether oxygens (including phenoxy) is 1. The summed E-state index contributed by atoms with van der Waals surface area (Å²) in [6.07, 6.45) is 7.40. The summed E-state index contributed by atoms with van der Waals surface area (Å²) < 4.78 is 5.42. The summed E-state index contributed by atoms with van der Waals surface area (Å²) in [5.41, 5.74) is 4.71. The molecule has 2 aliphatic rings. The summed E-state index contributed by atoms with van der Waals surface area (Å²) in [6, 6.07) is 4.35. The van der Waals surface area contributed by atoms with Crippen LogP contribution in [0.5, 0.6) is 0 Å². The van der Waals surface area contributed by atoms with Crippen LogP contribution < -0.4 is 5.32 Å². The Bertz CT molecular complexity index is 727. The summed E-state index contributed by atoms with van der Waals surface area (Å²) in [5, 5.41) is 11.9. The van der Waals surface area contributed by atoms with Crippen LogP contribution in [0.2, 0.25) is 0 Å². The van der Waals surface area contributed by atoms with Gasteiger partial charge in [0.05, 0.1) is 11.6 Å². The van der Waals surface area contributed by atoms with Gasteiger partial charge in [0.2, 0.25) is 5.95 Å². The zero-order chi connectivity index (χ0) is 17.1. The maximum atomic E-state index is 5.42. The summed E-state index contributed by atoms with van der Waals surface area (Å²) in [5.74, 6) is 0.642. The number of benzene rings is 1. The molecule has 0 spiro atoms. The van der Waals surface area contributed by atoms with Crippen LogP contribution >= 0.6 is 0 Å². The predicted molar refractivity (Wildman–Crippen MR) is 98.9 cm³/mol. The summed E-state index contributed by atoms with van der Waals surface area (Å²) >= 11 is 0. The first-order chi connectivity index (χ1) is 12.3. The van der Waals surface area contributed by atoms with Gasteiger partial charge in [-0.2, -0.15) is 0 Å². The van der Waals surface area contributed by atoms with Crippen molar-refractivity contribution in [3.8, 4) is 0 Å². The molecule has 0 saturated carbocycles. The lowest BCUT2D eigenvalue weighted by molar-refractivity contribution is 0.0411. The number of aryl methyl sites for hydroxylation is 2. The van der Waals surface area contributed by atoms with Gasteiger partial charge in [-0.15, -0.1) is 10.2 Å². The van der Waals surface area contributed by atoms with Gasteiger partial charge in [0.15, 0.2) is 0 Å². The van der Waals surface area contributed by atoms with Crippen LogP contribution in [0.1, 0.15) is 36.8 Å². The molecule has 0 amide bonds. The number of nitrogens with one attached hydrogen (secondary N) is 1. The van der Waals surface area contributed by atoms with Gasteiger partial charge in [-0.05, 0) is 68.3 Å². The predicted octanol–water partition coefficient (Wildman–Crippen LogP) is 2.43. The van der Waals surface area contributed by atoms with Crippen LogP contribution in [0.15, 0.2) is 12.1 Å². The number of anilines is 1. The Hall–Kier alpha value is -1.79. The average molecular weight is 341 g/mol. The number of piperidine rings is 1. The molecular formula is C19H27N5O. The van der Waals surface area contributed by atoms with Crippen LogP contribution in [-0.4, -0.2) is 59.5 Å². The molecule has 1 aliphatic carbocycles. The van der Waals surface area contributed by atoms with Gasteiger partial charge >= 0.3 is 0 Å². The van der Waals surface area contributed by atoms with E-state index in [1.807, 2.05) is 7.11 Å².